The van der Waals surface area contributed by atoms with Crippen molar-refractivity contribution in [3.8, 4) is 0 Å². The van der Waals surface area contributed by atoms with Gasteiger partial charge in [0, 0.05) is 29.9 Å². The molecule has 0 bridgehead atoms. The Morgan fingerprint density at radius 2 is 1.96 bits per heavy atom. The molecule has 2 atom stereocenters. The summed E-state index contributed by atoms with van der Waals surface area (Å²) < 4.78 is 5.78. The summed E-state index contributed by atoms with van der Waals surface area (Å²) in [5.74, 6) is 0.495. The van der Waals surface area contributed by atoms with E-state index >= 15 is 0 Å². The Morgan fingerprint density at radius 1 is 1.15 bits per heavy atom. The molecule has 3 N–H and O–H groups in total. The number of carbonyl (C=O) groups excluding carboxylic acids is 2. The second kappa shape index (κ2) is 8.54. The summed E-state index contributed by atoms with van der Waals surface area (Å²) in [4.78, 5) is 24.4. The summed E-state index contributed by atoms with van der Waals surface area (Å²) in [6.07, 6.45) is 4.99. The summed E-state index contributed by atoms with van der Waals surface area (Å²) >= 11 is 0. The van der Waals surface area contributed by atoms with E-state index in [0.29, 0.717) is 29.8 Å². The molecule has 1 heterocycles. The summed E-state index contributed by atoms with van der Waals surface area (Å²) in [5.41, 5.74) is 1.19. The van der Waals surface area contributed by atoms with Crippen molar-refractivity contribution in [2.75, 3.05) is 11.9 Å². The number of carbonyl (C=O) groups is 2. The molecule has 1 aromatic carbocycles. The lowest BCUT2D eigenvalue weighted by Gasteiger charge is -2.31. The van der Waals surface area contributed by atoms with Crippen molar-refractivity contribution in [2.24, 2.45) is 5.92 Å². The molecule has 6 heteroatoms. The van der Waals surface area contributed by atoms with Gasteiger partial charge in [-0.3, -0.25) is 4.79 Å². The molecule has 1 saturated carbocycles. The quantitative estimate of drug-likeness (QED) is 0.729. The normalized spacial score (nSPS) is 22.7. The van der Waals surface area contributed by atoms with Gasteiger partial charge in [0.25, 0.3) is 5.91 Å². The Morgan fingerprint density at radius 3 is 2.69 bits per heavy atom. The van der Waals surface area contributed by atoms with Gasteiger partial charge in [-0.1, -0.05) is 19.9 Å². The standard InChI is InChI=1S/C20H29N3O3/c1-13(2)10-18-12-17(8-9-26-18)23-20(25)22-16-5-3-4-14(11-16)19(24)21-15-6-7-15/h3-5,11,13,15,17-18H,6-10,12H2,1-2H3,(H,21,24)(H2,22,23,25)/t17-,18-/m1/s1. The fraction of sp³-hybridized carbons (Fsp3) is 0.600. The number of benzene rings is 1. The molecule has 0 aromatic heterocycles. The number of hydrogen-bond acceptors (Lipinski definition) is 3. The van der Waals surface area contributed by atoms with Crippen LogP contribution < -0.4 is 16.0 Å². The van der Waals surface area contributed by atoms with Gasteiger partial charge in [0.15, 0.2) is 0 Å². The molecule has 26 heavy (non-hydrogen) atoms. The molecule has 3 rings (SSSR count). The van der Waals surface area contributed by atoms with Crippen LogP contribution in [0.5, 0.6) is 0 Å². The Labute approximate surface area is 155 Å². The van der Waals surface area contributed by atoms with Crippen LogP contribution in [0.2, 0.25) is 0 Å². The van der Waals surface area contributed by atoms with Crippen molar-refractivity contribution in [2.45, 2.75) is 64.1 Å². The Kier molecular flexibility index (Phi) is 6.14. The van der Waals surface area contributed by atoms with Gasteiger partial charge in [-0.25, -0.2) is 4.79 Å². The van der Waals surface area contributed by atoms with Gasteiger partial charge in [-0.05, 0) is 56.2 Å². The average molecular weight is 359 g/mol. The predicted octanol–water partition coefficient (Wildman–Crippen LogP) is 3.29. The van der Waals surface area contributed by atoms with Crippen molar-refractivity contribution in [1.82, 2.24) is 10.6 Å². The number of anilines is 1. The molecular weight excluding hydrogens is 330 g/mol. The highest BCUT2D eigenvalue weighted by Crippen LogP contribution is 2.21. The molecule has 1 aliphatic heterocycles. The van der Waals surface area contributed by atoms with Crippen molar-refractivity contribution >= 4 is 17.6 Å². The Balaban J connectivity index is 1.50. The lowest BCUT2D eigenvalue weighted by atomic mass is 9.96. The van der Waals surface area contributed by atoms with E-state index in [-0.39, 0.29) is 24.1 Å². The third kappa shape index (κ3) is 5.73. The minimum absolute atomic E-state index is 0.0856. The first-order chi connectivity index (χ1) is 12.5. The number of rotatable bonds is 6. The minimum Gasteiger partial charge on any atom is -0.378 e. The molecule has 2 aliphatic rings. The zero-order valence-electron chi connectivity index (χ0n) is 15.6. The van der Waals surface area contributed by atoms with E-state index in [1.807, 2.05) is 0 Å². The molecule has 1 aromatic rings. The van der Waals surface area contributed by atoms with E-state index in [1.54, 1.807) is 24.3 Å². The molecule has 0 radical (unpaired) electrons. The van der Waals surface area contributed by atoms with Gasteiger partial charge < -0.3 is 20.7 Å². The molecule has 0 spiro atoms. The highest BCUT2D eigenvalue weighted by molar-refractivity contribution is 5.97. The number of urea groups is 1. The molecule has 0 unspecified atom stereocenters. The van der Waals surface area contributed by atoms with Crippen molar-refractivity contribution < 1.29 is 14.3 Å². The maximum atomic E-state index is 12.3. The third-order valence-electron chi connectivity index (χ3n) is 4.73. The first kappa shape index (κ1) is 18.7. The van der Waals surface area contributed by atoms with Gasteiger partial charge in [0.05, 0.1) is 6.10 Å². The summed E-state index contributed by atoms with van der Waals surface area (Å²) in [6.45, 7) is 5.04. The zero-order chi connectivity index (χ0) is 18.5. The maximum Gasteiger partial charge on any atom is 0.319 e. The SMILES string of the molecule is CC(C)C[C@@H]1C[C@H](NC(=O)Nc2cccc(C(=O)NC3CC3)c2)CCO1. The van der Waals surface area contributed by atoms with E-state index in [2.05, 4.69) is 29.8 Å². The fourth-order valence-electron chi connectivity index (χ4n) is 3.29. The second-order valence-corrected chi connectivity index (χ2v) is 7.77. The van der Waals surface area contributed by atoms with Gasteiger partial charge in [-0.2, -0.15) is 0 Å². The monoisotopic (exact) mass is 359 g/mol. The average Bonchev–Trinajstić information content (AvgIpc) is 3.38. The summed E-state index contributed by atoms with van der Waals surface area (Å²) in [5, 5.41) is 8.82. The van der Waals surface area contributed by atoms with Crippen LogP contribution >= 0.6 is 0 Å². The van der Waals surface area contributed by atoms with E-state index < -0.39 is 0 Å². The van der Waals surface area contributed by atoms with Gasteiger partial charge in [-0.15, -0.1) is 0 Å². The van der Waals surface area contributed by atoms with Gasteiger partial charge in [0.2, 0.25) is 0 Å². The van der Waals surface area contributed by atoms with Crippen LogP contribution in [0.4, 0.5) is 10.5 Å². The summed E-state index contributed by atoms with van der Waals surface area (Å²) in [6, 6.07) is 7.24. The van der Waals surface area contributed by atoms with Crippen LogP contribution in [0.3, 0.4) is 0 Å². The maximum absolute atomic E-state index is 12.3. The van der Waals surface area contributed by atoms with Gasteiger partial charge >= 0.3 is 6.03 Å². The highest BCUT2D eigenvalue weighted by Gasteiger charge is 2.25. The van der Waals surface area contributed by atoms with Crippen LogP contribution in [-0.2, 0) is 4.74 Å². The van der Waals surface area contributed by atoms with Crippen LogP contribution in [0, 0.1) is 5.92 Å². The zero-order valence-corrected chi connectivity index (χ0v) is 15.6. The van der Waals surface area contributed by atoms with E-state index in [4.69, 9.17) is 4.74 Å². The van der Waals surface area contributed by atoms with E-state index in [9.17, 15) is 9.59 Å². The van der Waals surface area contributed by atoms with Crippen molar-refractivity contribution in [3.05, 3.63) is 29.8 Å². The van der Waals surface area contributed by atoms with E-state index in [0.717, 1.165) is 32.1 Å². The van der Waals surface area contributed by atoms with Crippen LogP contribution in [0.1, 0.15) is 56.3 Å². The molecule has 3 amide bonds. The molecule has 1 aliphatic carbocycles. The molecule has 142 valence electrons. The smallest absolute Gasteiger partial charge is 0.319 e. The topological polar surface area (TPSA) is 79.5 Å². The minimum atomic E-state index is -0.236. The number of amides is 3. The lowest BCUT2D eigenvalue weighted by Crippen LogP contribution is -2.44. The van der Waals surface area contributed by atoms with Crippen molar-refractivity contribution in [1.29, 1.82) is 0 Å². The Hall–Kier alpha value is -2.08. The fourth-order valence-corrected chi connectivity index (χ4v) is 3.29. The summed E-state index contributed by atoms with van der Waals surface area (Å²) in [7, 11) is 0. The molecule has 6 nitrogen and oxygen atoms in total. The lowest BCUT2D eigenvalue weighted by molar-refractivity contribution is -0.00717. The second-order valence-electron chi connectivity index (χ2n) is 7.77. The predicted molar refractivity (Wildman–Crippen MR) is 101 cm³/mol. The molecule has 1 saturated heterocycles. The first-order valence-corrected chi connectivity index (χ1v) is 9.59. The Bertz CT molecular complexity index is 643. The van der Waals surface area contributed by atoms with Crippen LogP contribution in [-0.4, -0.2) is 36.7 Å². The van der Waals surface area contributed by atoms with Crippen LogP contribution in [0.25, 0.3) is 0 Å². The largest absolute Gasteiger partial charge is 0.378 e. The first-order valence-electron chi connectivity index (χ1n) is 9.59. The highest BCUT2D eigenvalue weighted by atomic mass is 16.5. The van der Waals surface area contributed by atoms with Crippen LogP contribution in [0.15, 0.2) is 24.3 Å². The number of hydrogen-bond donors (Lipinski definition) is 3. The molecule has 2 fully saturated rings. The van der Waals surface area contributed by atoms with E-state index in [1.165, 1.54) is 0 Å². The molecular formula is C20H29N3O3. The number of nitrogens with one attached hydrogen (secondary N) is 3. The number of ether oxygens (including phenoxy) is 1. The van der Waals surface area contributed by atoms with Crippen molar-refractivity contribution in [3.63, 3.8) is 0 Å². The third-order valence-corrected chi connectivity index (χ3v) is 4.73. The van der Waals surface area contributed by atoms with Gasteiger partial charge in [0.1, 0.15) is 0 Å².